The van der Waals surface area contributed by atoms with Gasteiger partial charge in [0.05, 0.1) is 0 Å². The van der Waals surface area contributed by atoms with E-state index in [0.29, 0.717) is 0 Å². The van der Waals surface area contributed by atoms with E-state index in [0.717, 1.165) is 0 Å². The molecule has 0 aliphatic heterocycles. The van der Waals surface area contributed by atoms with E-state index >= 15 is 0 Å². The van der Waals surface area contributed by atoms with Gasteiger partial charge in [0.1, 0.15) is 0 Å². The van der Waals surface area contributed by atoms with Crippen LogP contribution < -0.4 is 0 Å². The lowest BCUT2D eigenvalue weighted by Gasteiger charge is -2.24. The molecule has 0 heterocycles. The van der Waals surface area contributed by atoms with Crippen LogP contribution in [-0.2, 0) is 5.41 Å². The van der Waals surface area contributed by atoms with Crippen LogP contribution in [0, 0.1) is 0 Å². The maximum Gasteiger partial charge on any atom is 0.0165 e. The van der Waals surface area contributed by atoms with E-state index in [1.54, 1.807) is 0 Å². The summed E-state index contributed by atoms with van der Waals surface area (Å²) in [7, 11) is 0. The van der Waals surface area contributed by atoms with Gasteiger partial charge in [-0.05, 0) is 111 Å². The minimum absolute atomic E-state index is 0.162. The Balaban J connectivity index is 1.20. The van der Waals surface area contributed by atoms with Gasteiger partial charge in [-0.3, -0.25) is 0 Å². The Hall–Kier alpha value is -5.72. The number of benzene rings is 9. The Morgan fingerprint density at radius 3 is 1.77 bits per heavy atom. The quantitative estimate of drug-likeness (QED) is 0.138. The van der Waals surface area contributed by atoms with Gasteiger partial charge in [0.25, 0.3) is 0 Å². The fourth-order valence-corrected chi connectivity index (χ4v) is 8.67. The second-order valence-corrected chi connectivity index (χ2v) is 13.7. The van der Waals surface area contributed by atoms with Crippen LogP contribution in [0.15, 0.2) is 158 Å². The second-order valence-electron chi connectivity index (χ2n) is 13.7. The van der Waals surface area contributed by atoms with Gasteiger partial charge in [-0.2, -0.15) is 0 Å². The molecule has 1 aliphatic carbocycles. The summed E-state index contributed by atoms with van der Waals surface area (Å²) >= 11 is 0. The van der Waals surface area contributed by atoms with Crippen LogP contribution in [0.4, 0.5) is 0 Å². The zero-order valence-electron chi connectivity index (χ0n) is 26.5. The summed E-state index contributed by atoms with van der Waals surface area (Å²) in [5.41, 5.74) is 10.6. The van der Waals surface area contributed by atoms with Crippen molar-refractivity contribution >= 4 is 53.9 Å². The first-order valence-corrected chi connectivity index (χ1v) is 16.6. The first kappa shape index (κ1) is 26.5. The van der Waals surface area contributed by atoms with Crippen LogP contribution in [-0.4, -0.2) is 0 Å². The molecule has 0 spiro atoms. The van der Waals surface area contributed by atoms with Gasteiger partial charge in [0.2, 0.25) is 0 Å². The predicted molar refractivity (Wildman–Crippen MR) is 202 cm³/mol. The molecule has 0 bridgehead atoms. The first-order chi connectivity index (χ1) is 23.1. The molecule has 9 aromatic carbocycles. The van der Waals surface area contributed by atoms with Gasteiger partial charge in [-0.1, -0.05) is 159 Å². The molecule has 0 unspecified atom stereocenters. The van der Waals surface area contributed by atoms with Gasteiger partial charge in [-0.15, -0.1) is 0 Å². The predicted octanol–water partition coefficient (Wildman–Crippen LogP) is 13.1. The van der Waals surface area contributed by atoms with Crippen molar-refractivity contribution in [1.82, 2.24) is 0 Å². The Morgan fingerprint density at radius 1 is 0.340 bits per heavy atom. The molecule has 0 nitrogen and oxygen atoms in total. The first-order valence-electron chi connectivity index (χ1n) is 16.6. The highest BCUT2D eigenvalue weighted by molar-refractivity contribution is 6.20. The molecule has 0 amide bonds. The molecule has 0 saturated heterocycles. The molecule has 0 fully saturated rings. The summed E-state index contributed by atoms with van der Waals surface area (Å²) in [5.74, 6) is 0. The standard InChI is InChI=1S/C47H32/c1-47(2)44-28-32(45-35-17-8-5-13-31(35)27-43-34-16-7-4-12-30(34)21-24-40(43)45)22-23-39(44)42-26-25-38-37(19-10-20-41(38)46(42)47)36-18-9-14-29-11-3-6-15-33(29)36/h3-28H,1-2H3. The minimum Gasteiger partial charge on any atom is -0.0616 e. The normalized spacial score (nSPS) is 13.5. The summed E-state index contributed by atoms with van der Waals surface area (Å²) in [4.78, 5) is 0. The number of rotatable bonds is 2. The average Bonchev–Trinajstić information content (AvgIpc) is 3.35. The van der Waals surface area contributed by atoms with Crippen molar-refractivity contribution in [3.63, 3.8) is 0 Å². The van der Waals surface area contributed by atoms with Gasteiger partial charge >= 0.3 is 0 Å². The molecule has 10 rings (SSSR count). The molecule has 9 aromatic rings. The summed E-state index contributed by atoms with van der Waals surface area (Å²) in [6.45, 7) is 4.83. The van der Waals surface area contributed by atoms with Crippen molar-refractivity contribution in [1.29, 1.82) is 0 Å². The van der Waals surface area contributed by atoms with E-state index in [9.17, 15) is 0 Å². The minimum atomic E-state index is -0.162. The molecule has 47 heavy (non-hydrogen) atoms. The van der Waals surface area contributed by atoms with Crippen LogP contribution in [0.2, 0.25) is 0 Å². The Morgan fingerprint density at radius 2 is 0.936 bits per heavy atom. The third-order valence-corrected chi connectivity index (χ3v) is 10.8. The third-order valence-electron chi connectivity index (χ3n) is 10.8. The van der Waals surface area contributed by atoms with E-state index in [2.05, 4.69) is 172 Å². The maximum absolute atomic E-state index is 2.49. The van der Waals surface area contributed by atoms with Crippen molar-refractivity contribution in [3.8, 4) is 33.4 Å². The highest BCUT2D eigenvalue weighted by atomic mass is 14.4. The van der Waals surface area contributed by atoms with Crippen molar-refractivity contribution in [2.45, 2.75) is 19.3 Å². The molecule has 0 aromatic heterocycles. The van der Waals surface area contributed by atoms with Crippen LogP contribution >= 0.6 is 0 Å². The topological polar surface area (TPSA) is 0 Å². The van der Waals surface area contributed by atoms with Crippen LogP contribution in [0.5, 0.6) is 0 Å². The van der Waals surface area contributed by atoms with Crippen molar-refractivity contribution in [2.75, 3.05) is 0 Å². The highest BCUT2D eigenvalue weighted by Gasteiger charge is 2.37. The average molecular weight is 597 g/mol. The SMILES string of the molecule is CC1(C)c2cc(-c3c4ccccc4cc4c3ccc3ccccc34)ccc2-c2ccc3c(-c4cccc5ccccc45)cccc3c21. The van der Waals surface area contributed by atoms with E-state index < -0.39 is 0 Å². The van der Waals surface area contributed by atoms with Gasteiger partial charge in [-0.25, -0.2) is 0 Å². The third kappa shape index (κ3) is 3.70. The lowest BCUT2D eigenvalue weighted by atomic mass is 9.78. The molecule has 1 aliphatic rings. The van der Waals surface area contributed by atoms with Gasteiger partial charge < -0.3 is 0 Å². The van der Waals surface area contributed by atoms with Crippen molar-refractivity contribution < 1.29 is 0 Å². The lowest BCUT2D eigenvalue weighted by molar-refractivity contribution is 0.666. The number of hydrogen-bond donors (Lipinski definition) is 0. The summed E-state index contributed by atoms with van der Waals surface area (Å²) in [6, 6.07) is 58.8. The number of hydrogen-bond acceptors (Lipinski definition) is 0. The molecule has 0 atom stereocenters. The molecule has 0 saturated carbocycles. The van der Waals surface area contributed by atoms with Gasteiger partial charge in [0, 0.05) is 5.41 Å². The van der Waals surface area contributed by atoms with E-state index in [4.69, 9.17) is 0 Å². The van der Waals surface area contributed by atoms with Crippen molar-refractivity contribution in [2.24, 2.45) is 0 Å². The summed E-state index contributed by atoms with van der Waals surface area (Å²) in [6.07, 6.45) is 0. The molecule has 220 valence electrons. The second kappa shape index (κ2) is 9.64. The smallest absolute Gasteiger partial charge is 0.0165 e. The molecule has 0 radical (unpaired) electrons. The zero-order valence-corrected chi connectivity index (χ0v) is 26.5. The highest BCUT2D eigenvalue weighted by Crippen LogP contribution is 2.53. The monoisotopic (exact) mass is 596 g/mol. The largest absolute Gasteiger partial charge is 0.0616 e. The Kier molecular flexibility index (Phi) is 5.44. The van der Waals surface area contributed by atoms with Gasteiger partial charge in [0.15, 0.2) is 0 Å². The van der Waals surface area contributed by atoms with E-state index in [1.165, 1.54) is 98.4 Å². The van der Waals surface area contributed by atoms with Crippen LogP contribution in [0.3, 0.4) is 0 Å². The fraction of sp³-hybridized carbons (Fsp3) is 0.0638. The zero-order chi connectivity index (χ0) is 31.3. The molecular formula is C47H32. The van der Waals surface area contributed by atoms with E-state index in [-0.39, 0.29) is 5.41 Å². The molecule has 0 N–H and O–H groups in total. The summed E-state index contributed by atoms with van der Waals surface area (Å²) < 4.78 is 0. The van der Waals surface area contributed by atoms with E-state index in [1.807, 2.05) is 0 Å². The lowest BCUT2D eigenvalue weighted by Crippen LogP contribution is -2.15. The Bertz CT molecular complexity index is 2750. The van der Waals surface area contributed by atoms with Crippen LogP contribution in [0.25, 0.3) is 87.2 Å². The molecular weight excluding hydrogens is 565 g/mol. The maximum atomic E-state index is 2.49. The van der Waals surface area contributed by atoms with Crippen LogP contribution in [0.1, 0.15) is 25.0 Å². The molecule has 0 heteroatoms. The Labute approximate surface area is 274 Å². The number of fused-ring (bicyclic) bond motifs is 10. The fourth-order valence-electron chi connectivity index (χ4n) is 8.67. The summed E-state index contributed by atoms with van der Waals surface area (Å²) in [5, 5.41) is 13.0. The van der Waals surface area contributed by atoms with Crippen molar-refractivity contribution in [3.05, 3.63) is 169 Å².